The summed E-state index contributed by atoms with van der Waals surface area (Å²) in [4.78, 5) is 8.64. The molecule has 3 atom stereocenters. The highest BCUT2D eigenvalue weighted by atomic mass is 32.1. The topological polar surface area (TPSA) is 96.1 Å². The number of nitrogens with one attached hydrogen (secondary N) is 2. The number of rotatable bonds is 7. The van der Waals surface area contributed by atoms with Crippen molar-refractivity contribution in [1.29, 1.82) is 0 Å². The van der Waals surface area contributed by atoms with E-state index in [1.807, 2.05) is 6.92 Å². The minimum Gasteiger partial charge on any atom is -0.396 e. The van der Waals surface area contributed by atoms with Crippen molar-refractivity contribution in [3.8, 4) is 0 Å². The second-order valence-corrected chi connectivity index (χ2v) is 7.76. The maximum atomic E-state index is 12.4. The summed E-state index contributed by atoms with van der Waals surface area (Å²) in [5.74, 6) is 0.825. The Kier molecular flexibility index (Phi) is 6.51. The van der Waals surface area contributed by atoms with Crippen LogP contribution in [0, 0.1) is 18.8 Å². The molecule has 1 aromatic heterocycles. The largest absolute Gasteiger partial charge is 0.396 e. The average Bonchev–Trinajstić information content (AvgIpc) is 2.80. The van der Waals surface area contributed by atoms with Crippen LogP contribution in [0.1, 0.15) is 44.4 Å². The number of anilines is 2. The number of hydrogen-bond donors (Lipinski definition) is 4. The molecule has 0 amide bonds. The van der Waals surface area contributed by atoms with Gasteiger partial charge < -0.3 is 21.5 Å². The SMILES string of the molecule is Cc1nc(NCCC(F)(F)F)nc(NC2(C)CCC(CO)C2C)c1C(N)=S. The van der Waals surface area contributed by atoms with Crippen LogP contribution in [-0.2, 0) is 0 Å². The predicted molar refractivity (Wildman–Crippen MR) is 103 cm³/mol. The van der Waals surface area contributed by atoms with Gasteiger partial charge in [-0.15, -0.1) is 0 Å². The second-order valence-electron chi connectivity index (χ2n) is 7.32. The van der Waals surface area contributed by atoms with E-state index in [4.69, 9.17) is 18.0 Å². The molecule has 0 aliphatic heterocycles. The van der Waals surface area contributed by atoms with Crippen molar-refractivity contribution in [2.24, 2.45) is 17.6 Å². The van der Waals surface area contributed by atoms with E-state index in [-0.39, 0.29) is 41.5 Å². The standard InChI is InChI=1S/C17H26F3N5OS/c1-9-11(8-26)4-5-16(9,3)25-14-12(13(21)27)10(2)23-15(24-14)22-7-6-17(18,19)20/h9,11,26H,4-8H2,1-3H3,(H2,21,27)(H2,22,23,24,25). The average molecular weight is 405 g/mol. The third-order valence-electron chi connectivity index (χ3n) is 5.41. The Hall–Kier alpha value is -1.68. The molecule has 0 aromatic carbocycles. The number of hydrogen-bond acceptors (Lipinski definition) is 6. The fourth-order valence-electron chi connectivity index (χ4n) is 3.53. The van der Waals surface area contributed by atoms with E-state index >= 15 is 0 Å². The summed E-state index contributed by atoms with van der Waals surface area (Å²) in [5.41, 5.74) is 6.45. The number of aryl methyl sites for hydroxylation is 1. The molecule has 0 radical (unpaired) electrons. The highest BCUT2D eigenvalue weighted by Gasteiger charge is 2.42. The Morgan fingerprint density at radius 3 is 2.59 bits per heavy atom. The minimum atomic E-state index is -4.26. The van der Waals surface area contributed by atoms with Crippen LogP contribution in [0.4, 0.5) is 24.9 Å². The van der Waals surface area contributed by atoms with Gasteiger partial charge in [-0.1, -0.05) is 19.1 Å². The van der Waals surface area contributed by atoms with Crippen LogP contribution in [0.3, 0.4) is 0 Å². The normalized spacial score (nSPS) is 25.4. The van der Waals surface area contributed by atoms with Crippen LogP contribution in [0.2, 0.25) is 0 Å². The maximum absolute atomic E-state index is 12.4. The molecule has 0 spiro atoms. The van der Waals surface area contributed by atoms with Gasteiger partial charge in [0.25, 0.3) is 0 Å². The number of aromatic nitrogens is 2. The lowest BCUT2D eigenvalue weighted by Crippen LogP contribution is -2.40. The lowest BCUT2D eigenvalue weighted by atomic mass is 9.86. The van der Waals surface area contributed by atoms with Gasteiger partial charge in [-0.25, -0.2) is 4.98 Å². The molecule has 0 saturated heterocycles. The third-order valence-corrected chi connectivity index (χ3v) is 5.62. The van der Waals surface area contributed by atoms with E-state index in [1.165, 1.54) is 0 Å². The maximum Gasteiger partial charge on any atom is 0.390 e. The van der Waals surface area contributed by atoms with Crippen LogP contribution in [0.15, 0.2) is 0 Å². The van der Waals surface area contributed by atoms with Crippen molar-refractivity contribution in [2.75, 3.05) is 23.8 Å². The van der Waals surface area contributed by atoms with Crippen molar-refractivity contribution >= 4 is 29.0 Å². The summed E-state index contributed by atoms with van der Waals surface area (Å²) in [5, 5.41) is 15.5. The van der Waals surface area contributed by atoms with Gasteiger partial charge >= 0.3 is 6.18 Å². The van der Waals surface area contributed by atoms with Gasteiger partial charge in [0.2, 0.25) is 5.95 Å². The number of alkyl halides is 3. The molecule has 6 nitrogen and oxygen atoms in total. The first-order valence-electron chi connectivity index (χ1n) is 8.85. The van der Waals surface area contributed by atoms with E-state index in [2.05, 4.69) is 27.5 Å². The number of nitrogens with zero attached hydrogens (tertiary/aromatic N) is 2. The number of halogens is 3. The highest BCUT2D eigenvalue weighted by molar-refractivity contribution is 7.80. The molecule has 0 bridgehead atoms. The van der Waals surface area contributed by atoms with E-state index in [0.717, 1.165) is 12.8 Å². The molecule has 1 heterocycles. The summed E-state index contributed by atoms with van der Waals surface area (Å²) >= 11 is 5.12. The number of aliphatic hydroxyl groups excluding tert-OH is 1. The Morgan fingerprint density at radius 2 is 2.07 bits per heavy atom. The molecule has 3 unspecified atom stereocenters. The van der Waals surface area contributed by atoms with Crippen LogP contribution in [0.25, 0.3) is 0 Å². The van der Waals surface area contributed by atoms with Gasteiger partial charge in [-0.05, 0) is 38.5 Å². The Bertz CT molecular complexity index is 700. The molecule has 2 rings (SSSR count). The molecule has 27 heavy (non-hydrogen) atoms. The Morgan fingerprint density at radius 1 is 1.41 bits per heavy atom. The van der Waals surface area contributed by atoms with Crippen molar-refractivity contribution < 1.29 is 18.3 Å². The first kappa shape index (κ1) is 21.6. The quantitative estimate of drug-likeness (QED) is 0.518. The summed E-state index contributed by atoms with van der Waals surface area (Å²) in [6, 6.07) is 0. The van der Waals surface area contributed by atoms with Gasteiger partial charge in [-0.3, -0.25) is 0 Å². The van der Waals surface area contributed by atoms with E-state index < -0.39 is 12.6 Å². The molecule has 1 aromatic rings. The van der Waals surface area contributed by atoms with E-state index in [0.29, 0.717) is 17.1 Å². The predicted octanol–water partition coefficient (Wildman–Crippen LogP) is 2.99. The van der Waals surface area contributed by atoms with Crippen molar-refractivity contribution in [2.45, 2.75) is 51.7 Å². The van der Waals surface area contributed by atoms with Gasteiger partial charge in [0, 0.05) is 18.7 Å². The first-order chi connectivity index (χ1) is 12.5. The molecule has 1 saturated carbocycles. The summed E-state index contributed by atoms with van der Waals surface area (Å²) in [6.45, 7) is 5.55. The fraction of sp³-hybridized carbons (Fsp3) is 0.706. The van der Waals surface area contributed by atoms with E-state index in [1.54, 1.807) is 6.92 Å². The second kappa shape index (κ2) is 8.14. The van der Waals surface area contributed by atoms with Crippen LogP contribution in [-0.4, -0.2) is 44.9 Å². The zero-order valence-electron chi connectivity index (χ0n) is 15.7. The minimum absolute atomic E-state index is 0.0900. The Labute approximate surface area is 162 Å². The highest BCUT2D eigenvalue weighted by Crippen LogP contribution is 2.42. The smallest absolute Gasteiger partial charge is 0.390 e. The number of aliphatic hydroxyl groups is 1. The first-order valence-corrected chi connectivity index (χ1v) is 9.26. The van der Waals surface area contributed by atoms with Gasteiger partial charge in [-0.2, -0.15) is 18.2 Å². The Balaban J connectivity index is 2.28. The van der Waals surface area contributed by atoms with Crippen LogP contribution >= 0.6 is 12.2 Å². The molecule has 5 N–H and O–H groups in total. The third kappa shape index (κ3) is 5.19. The number of nitrogens with two attached hydrogens (primary N) is 1. The molecular formula is C17H26F3N5OS. The van der Waals surface area contributed by atoms with Gasteiger partial charge in [0.15, 0.2) is 0 Å². The van der Waals surface area contributed by atoms with Gasteiger partial charge in [0.05, 0.1) is 17.7 Å². The summed E-state index contributed by atoms with van der Waals surface area (Å²) < 4.78 is 37.1. The summed E-state index contributed by atoms with van der Waals surface area (Å²) in [6.07, 6.45) is -3.56. The summed E-state index contributed by atoms with van der Waals surface area (Å²) in [7, 11) is 0. The molecule has 1 aliphatic rings. The lowest BCUT2D eigenvalue weighted by molar-refractivity contribution is -0.131. The van der Waals surface area contributed by atoms with E-state index in [9.17, 15) is 18.3 Å². The number of thiocarbonyl (C=S) groups is 1. The van der Waals surface area contributed by atoms with Gasteiger partial charge in [0.1, 0.15) is 10.8 Å². The molecule has 1 fully saturated rings. The fourth-order valence-corrected chi connectivity index (χ4v) is 3.78. The monoisotopic (exact) mass is 405 g/mol. The lowest BCUT2D eigenvalue weighted by Gasteiger charge is -2.34. The van der Waals surface area contributed by atoms with Crippen LogP contribution in [0.5, 0.6) is 0 Å². The zero-order chi connectivity index (χ0) is 20.4. The van der Waals surface area contributed by atoms with Crippen molar-refractivity contribution in [3.05, 3.63) is 11.3 Å². The molecular weight excluding hydrogens is 379 g/mol. The molecule has 152 valence electrons. The van der Waals surface area contributed by atoms with Crippen LogP contribution < -0.4 is 16.4 Å². The zero-order valence-corrected chi connectivity index (χ0v) is 16.5. The molecule has 10 heteroatoms. The van der Waals surface area contributed by atoms with Crippen molar-refractivity contribution in [3.63, 3.8) is 0 Å². The van der Waals surface area contributed by atoms with Crippen molar-refractivity contribution in [1.82, 2.24) is 9.97 Å². The molecule has 1 aliphatic carbocycles.